The van der Waals surface area contributed by atoms with Crippen LogP contribution >= 0.6 is 0 Å². The summed E-state index contributed by atoms with van der Waals surface area (Å²) >= 11 is 0. The summed E-state index contributed by atoms with van der Waals surface area (Å²) < 4.78 is 5.01. The summed E-state index contributed by atoms with van der Waals surface area (Å²) in [6.07, 6.45) is 2.55. The SMILES string of the molecule is COCCN(CC(=O)N(C)C)C(=O)CCC1CCNC1. The Labute approximate surface area is 121 Å². The second kappa shape index (κ2) is 8.92. The van der Waals surface area contributed by atoms with Crippen molar-refractivity contribution in [3.8, 4) is 0 Å². The average Bonchev–Trinajstić information content (AvgIpc) is 2.93. The van der Waals surface area contributed by atoms with Crippen LogP contribution in [0.25, 0.3) is 0 Å². The largest absolute Gasteiger partial charge is 0.383 e. The van der Waals surface area contributed by atoms with Crippen LogP contribution in [0, 0.1) is 5.92 Å². The van der Waals surface area contributed by atoms with Crippen LogP contribution in [0.5, 0.6) is 0 Å². The van der Waals surface area contributed by atoms with Crippen molar-refractivity contribution in [2.45, 2.75) is 19.3 Å². The number of hydrogen-bond acceptors (Lipinski definition) is 4. The van der Waals surface area contributed by atoms with Gasteiger partial charge in [-0.15, -0.1) is 0 Å². The number of carbonyl (C=O) groups is 2. The maximum absolute atomic E-state index is 12.2. The zero-order valence-electron chi connectivity index (χ0n) is 12.9. The molecule has 1 fully saturated rings. The Morgan fingerprint density at radius 3 is 2.60 bits per heavy atom. The highest BCUT2D eigenvalue weighted by atomic mass is 16.5. The van der Waals surface area contributed by atoms with Crippen LogP contribution in [-0.2, 0) is 14.3 Å². The molecule has 1 saturated heterocycles. The van der Waals surface area contributed by atoms with Crippen LogP contribution in [0.1, 0.15) is 19.3 Å². The van der Waals surface area contributed by atoms with Gasteiger partial charge < -0.3 is 19.9 Å². The number of likely N-dealkylation sites (N-methyl/N-ethyl adjacent to an activating group) is 1. The maximum Gasteiger partial charge on any atom is 0.241 e. The van der Waals surface area contributed by atoms with Gasteiger partial charge in [-0.1, -0.05) is 0 Å². The molecular formula is C14H27N3O3. The number of ether oxygens (including phenoxy) is 1. The number of nitrogens with one attached hydrogen (secondary N) is 1. The van der Waals surface area contributed by atoms with E-state index in [-0.39, 0.29) is 18.4 Å². The summed E-state index contributed by atoms with van der Waals surface area (Å²) in [6.45, 7) is 3.11. The van der Waals surface area contributed by atoms with E-state index in [2.05, 4.69) is 5.32 Å². The van der Waals surface area contributed by atoms with Gasteiger partial charge in [0, 0.05) is 34.2 Å². The molecule has 2 amide bonds. The molecule has 1 unspecified atom stereocenters. The van der Waals surface area contributed by atoms with E-state index in [4.69, 9.17) is 4.74 Å². The Hall–Kier alpha value is -1.14. The molecule has 1 rings (SSSR count). The lowest BCUT2D eigenvalue weighted by molar-refractivity contribution is -0.139. The molecule has 0 aromatic heterocycles. The van der Waals surface area contributed by atoms with Crippen molar-refractivity contribution < 1.29 is 14.3 Å². The van der Waals surface area contributed by atoms with Gasteiger partial charge in [0.1, 0.15) is 0 Å². The molecule has 0 aromatic rings. The minimum Gasteiger partial charge on any atom is -0.383 e. The summed E-state index contributed by atoms with van der Waals surface area (Å²) in [6, 6.07) is 0. The van der Waals surface area contributed by atoms with E-state index in [0.29, 0.717) is 25.5 Å². The smallest absolute Gasteiger partial charge is 0.241 e. The monoisotopic (exact) mass is 285 g/mol. The molecule has 0 spiro atoms. The first-order chi connectivity index (χ1) is 9.54. The molecular weight excluding hydrogens is 258 g/mol. The normalized spacial score (nSPS) is 18.1. The quantitative estimate of drug-likeness (QED) is 0.679. The van der Waals surface area contributed by atoms with Gasteiger partial charge in [0.25, 0.3) is 0 Å². The van der Waals surface area contributed by atoms with Gasteiger partial charge in [0.15, 0.2) is 0 Å². The fourth-order valence-electron chi connectivity index (χ4n) is 2.24. The second-order valence-corrected chi connectivity index (χ2v) is 5.49. The highest BCUT2D eigenvalue weighted by Crippen LogP contribution is 2.15. The van der Waals surface area contributed by atoms with Crippen LogP contribution in [0.15, 0.2) is 0 Å². The molecule has 6 heteroatoms. The average molecular weight is 285 g/mol. The highest BCUT2D eigenvalue weighted by Gasteiger charge is 2.20. The minimum atomic E-state index is -0.0583. The van der Waals surface area contributed by atoms with Crippen LogP contribution in [0.3, 0.4) is 0 Å². The molecule has 0 aliphatic carbocycles. The van der Waals surface area contributed by atoms with Gasteiger partial charge in [0.2, 0.25) is 11.8 Å². The Kier molecular flexibility index (Phi) is 7.54. The zero-order chi connectivity index (χ0) is 15.0. The van der Waals surface area contributed by atoms with Crippen molar-refractivity contribution in [3.05, 3.63) is 0 Å². The van der Waals surface area contributed by atoms with E-state index in [0.717, 1.165) is 25.9 Å². The molecule has 6 nitrogen and oxygen atoms in total. The fourth-order valence-corrected chi connectivity index (χ4v) is 2.24. The van der Waals surface area contributed by atoms with E-state index in [9.17, 15) is 9.59 Å². The first kappa shape index (κ1) is 16.9. The van der Waals surface area contributed by atoms with Crippen LogP contribution in [0.2, 0.25) is 0 Å². The van der Waals surface area contributed by atoms with Gasteiger partial charge in [-0.25, -0.2) is 0 Å². The molecule has 1 aliphatic rings. The van der Waals surface area contributed by atoms with Gasteiger partial charge in [-0.05, 0) is 31.8 Å². The Morgan fingerprint density at radius 2 is 2.05 bits per heavy atom. The third kappa shape index (κ3) is 5.88. The molecule has 0 aromatic carbocycles. The van der Waals surface area contributed by atoms with Gasteiger partial charge >= 0.3 is 0 Å². The predicted octanol–water partition coefficient (Wildman–Crippen LogP) is -0.0607. The number of carbonyl (C=O) groups excluding carboxylic acids is 2. The number of hydrogen-bond donors (Lipinski definition) is 1. The minimum absolute atomic E-state index is 0.0455. The lowest BCUT2D eigenvalue weighted by Gasteiger charge is -2.24. The third-order valence-corrected chi connectivity index (χ3v) is 3.67. The Balaban J connectivity index is 2.43. The standard InChI is InChI=1S/C14H27N3O3/c1-16(2)14(19)11-17(8-9-20-3)13(18)5-4-12-6-7-15-10-12/h12,15H,4-11H2,1-3H3. The van der Waals surface area contributed by atoms with Gasteiger partial charge in [-0.2, -0.15) is 0 Å². The summed E-state index contributed by atoms with van der Waals surface area (Å²) in [4.78, 5) is 27.1. The van der Waals surface area contributed by atoms with Crippen molar-refractivity contribution in [1.82, 2.24) is 15.1 Å². The summed E-state index contributed by atoms with van der Waals surface area (Å²) in [5, 5.41) is 3.30. The number of nitrogens with zero attached hydrogens (tertiary/aromatic N) is 2. The summed E-state index contributed by atoms with van der Waals surface area (Å²) in [5.41, 5.74) is 0. The molecule has 0 radical (unpaired) electrons. The third-order valence-electron chi connectivity index (χ3n) is 3.67. The molecule has 116 valence electrons. The molecule has 1 heterocycles. The molecule has 0 bridgehead atoms. The van der Waals surface area contributed by atoms with Crippen molar-refractivity contribution in [3.63, 3.8) is 0 Å². The number of amides is 2. The molecule has 20 heavy (non-hydrogen) atoms. The van der Waals surface area contributed by atoms with Crippen LogP contribution < -0.4 is 5.32 Å². The first-order valence-corrected chi connectivity index (χ1v) is 7.22. The maximum atomic E-state index is 12.2. The van der Waals surface area contributed by atoms with Crippen molar-refractivity contribution in [2.75, 3.05) is 54.0 Å². The molecule has 1 atom stereocenters. The first-order valence-electron chi connectivity index (χ1n) is 7.22. The molecule has 0 saturated carbocycles. The second-order valence-electron chi connectivity index (χ2n) is 5.49. The molecule has 1 N–H and O–H groups in total. The van der Waals surface area contributed by atoms with E-state index >= 15 is 0 Å². The van der Waals surface area contributed by atoms with Crippen molar-refractivity contribution >= 4 is 11.8 Å². The Morgan fingerprint density at radius 1 is 1.30 bits per heavy atom. The Bertz CT molecular complexity index is 315. The number of rotatable bonds is 8. The van der Waals surface area contributed by atoms with E-state index < -0.39 is 0 Å². The molecule has 1 aliphatic heterocycles. The summed E-state index contributed by atoms with van der Waals surface area (Å²) in [7, 11) is 5.00. The van der Waals surface area contributed by atoms with E-state index in [1.54, 1.807) is 26.1 Å². The van der Waals surface area contributed by atoms with Gasteiger partial charge in [0.05, 0.1) is 13.2 Å². The lowest BCUT2D eigenvalue weighted by atomic mass is 10.0. The van der Waals surface area contributed by atoms with E-state index in [1.165, 1.54) is 4.90 Å². The van der Waals surface area contributed by atoms with Gasteiger partial charge in [-0.3, -0.25) is 9.59 Å². The fraction of sp³-hybridized carbons (Fsp3) is 0.857. The summed E-state index contributed by atoms with van der Waals surface area (Å²) in [5.74, 6) is 0.578. The van der Waals surface area contributed by atoms with E-state index in [1.807, 2.05) is 0 Å². The van der Waals surface area contributed by atoms with Crippen LogP contribution in [-0.4, -0.2) is 75.6 Å². The predicted molar refractivity (Wildman–Crippen MR) is 77.4 cm³/mol. The topological polar surface area (TPSA) is 61.9 Å². The lowest BCUT2D eigenvalue weighted by Crippen LogP contribution is -2.42. The van der Waals surface area contributed by atoms with Crippen molar-refractivity contribution in [1.29, 1.82) is 0 Å². The number of methoxy groups -OCH3 is 1. The highest BCUT2D eigenvalue weighted by molar-refractivity contribution is 5.84. The zero-order valence-corrected chi connectivity index (χ0v) is 12.9. The van der Waals surface area contributed by atoms with Crippen LogP contribution in [0.4, 0.5) is 0 Å². The van der Waals surface area contributed by atoms with Crippen molar-refractivity contribution in [2.24, 2.45) is 5.92 Å².